The second-order valence-electron chi connectivity index (χ2n) is 5.57. The second kappa shape index (κ2) is 5.54. The molecule has 1 unspecified atom stereocenters. The molecule has 0 spiro atoms. The number of hydrogen-bond donors (Lipinski definition) is 1. The van der Waals surface area contributed by atoms with Gasteiger partial charge in [0.05, 0.1) is 19.5 Å². The highest BCUT2D eigenvalue weighted by Crippen LogP contribution is 2.30. The summed E-state index contributed by atoms with van der Waals surface area (Å²) >= 11 is 0. The predicted octanol–water partition coefficient (Wildman–Crippen LogP) is 0.921. The zero-order chi connectivity index (χ0) is 14.0. The van der Waals surface area contributed by atoms with E-state index in [-0.39, 0.29) is 5.91 Å². The lowest BCUT2D eigenvalue weighted by Crippen LogP contribution is -2.52. The van der Waals surface area contributed by atoms with E-state index in [9.17, 15) is 4.79 Å². The highest BCUT2D eigenvalue weighted by Gasteiger charge is 2.45. The fraction of sp³-hybridized carbons (Fsp3) is 0.714. The van der Waals surface area contributed by atoms with E-state index in [4.69, 9.17) is 9.47 Å². The maximum Gasteiger partial charge on any atom is 0.257 e. The Labute approximate surface area is 118 Å². The molecule has 1 amide bonds. The SMILES string of the molecule is COC1(C(=O)N2CCC(c3cnc[nH]3)CC2)CCOC1. The van der Waals surface area contributed by atoms with Crippen LogP contribution in [0.3, 0.4) is 0 Å². The van der Waals surface area contributed by atoms with Gasteiger partial charge in [0, 0.05) is 44.4 Å². The molecule has 0 aliphatic carbocycles. The predicted molar refractivity (Wildman–Crippen MR) is 72.3 cm³/mol. The summed E-state index contributed by atoms with van der Waals surface area (Å²) in [5, 5.41) is 0. The van der Waals surface area contributed by atoms with Gasteiger partial charge < -0.3 is 19.4 Å². The molecular weight excluding hydrogens is 258 g/mol. The molecule has 1 N–H and O–H groups in total. The molecule has 2 aliphatic rings. The third-order valence-electron chi connectivity index (χ3n) is 4.51. The Morgan fingerprint density at radius 3 is 2.90 bits per heavy atom. The second-order valence-corrected chi connectivity index (χ2v) is 5.57. The lowest BCUT2D eigenvalue weighted by atomic mass is 9.92. The van der Waals surface area contributed by atoms with Gasteiger partial charge in [0.2, 0.25) is 0 Å². The van der Waals surface area contributed by atoms with Crippen LogP contribution in [0, 0.1) is 0 Å². The fourth-order valence-corrected chi connectivity index (χ4v) is 3.13. The van der Waals surface area contributed by atoms with Crippen LogP contribution in [0.15, 0.2) is 12.5 Å². The van der Waals surface area contributed by atoms with Crippen LogP contribution in [0.2, 0.25) is 0 Å². The first-order chi connectivity index (χ1) is 9.75. The number of aromatic nitrogens is 2. The van der Waals surface area contributed by atoms with Crippen molar-refractivity contribution >= 4 is 5.91 Å². The minimum Gasteiger partial charge on any atom is -0.378 e. The Hall–Kier alpha value is -1.40. The summed E-state index contributed by atoms with van der Waals surface area (Å²) in [6.45, 7) is 2.52. The van der Waals surface area contributed by atoms with E-state index < -0.39 is 5.60 Å². The maximum absolute atomic E-state index is 12.6. The molecule has 0 saturated carbocycles. The number of carbonyl (C=O) groups is 1. The molecule has 3 rings (SSSR count). The summed E-state index contributed by atoms with van der Waals surface area (Å²) < 4.78 is 10.8. The Morgan fingerprint density at radius 2 is 2.35 bits per heavy atom. The lowest BCUT2D eigenvalue weighted by molar-refractivity contribution is -0.156. The van der Waals surface area contributed by atoms with Crippen molar-refractivity contribution in [3.05, 3.63) is 18.2 Å². The molecule has 2 fully saturated rings. The molecule has 20 heavy (non-hydrogen) atoms. The molecule has 3 heterocycles. The highest BCUT2D eigenvalue weighted by atomic mass is 16.6. The molecule has 0 aromatic carbocycles. The number of aromatic amines is 1. The van der Waals surface area contributed by atoms with Gasteiger partial charge in [0.1, 0.15) is 0 Å². The van der Waals surface area contributed by atoms with Crippen LogP contribution in [0.4, 0.5) is 0 Å². The van der Waals surface area contributed by atoms with E-state index in [1.165, 1.54) is 5.69 Å². The highest BCUT2D eigenvalue weighted by molar-refractivity contribution is 5.86. The molecule has 0 bridgehead atoms. The minimum absolute atomic E-state index is 0.0839. The molecule has 0 radical (unpaired) electrons. The van der Waals surface area contributed by atoms with Gasteiger partial charge in [0.25, 0.3) is 5.91 Å². The first kappa shape index (κ1) is 13.6. The summed E-state index contributed by atoms with van der Waals surface area (Å²) in [6.07, 6.45) is 6.18. The third-order valence-corrected chi connectivity index (χ3v) is 4.51. The van der Waals surface area contributed by atoms with Gasteiger partial charge in [-0.25, -0.2) is 4.98 Å². The Balaban J connectivity index is 1.61. The van der Waals surface area contributed by atoms with E-state index in [0.717, 1.165) is 25.9 Å². The van der Waals surface area contributed by atoms with Crippen molar-refractivity contribution in [1.29, 1.82) is 0 Å². The summed E-state index contributed by atoms with van der Waals surface area (Å²) in [4.78, 5) is 21.8. The number of rotatable bonds is 3. The zero-order valence-electron chi connectivity index (χ0n) is 11.8. The van der Waals surface area contributed by atoms with E-state index in [1.54, 1.807) is 13.4 Å². The zero-order valence-corrected chi connectivity index (χ0v) is 11.8. The molecule has 1 aromatic rings. The molecule has 1 atom stereocenters. The van der Waals surface area contributed by atoms with E-state index in [2.05, 4.69) is 9.97 Å². The summed E-state index contributed by atoms with van der Waals surface area (Å²) in [5.74, 6) is 0.556. The van der Waals surface area contributed by atoms with Gasteiger partial charge in [-0.3, -0.25) is 4.79 Å². The normalized spacial score (nSPS) is 27.9. The third kappa shape index (κ3) is 2.33. The van der Waals surface area contributed by atoms with Crippen molar-refractivity contribution in [2.24, 2.45) is 0 Å². The smallest absolute Gasteiger partial charge is 0.257 e. The van der Waals surface area contributed by atoms with Crippen LogP contribution >= 0.6 is 0 Å². The Bertz CT molecular complexity index is 446. The van der Waals surface area contributed by atoms with Gasteiger partial charge in [-0.05, 0) is 12.8 Å². The fourth-order valence-electron chi connectivity index (χ4n) is 3.13. The van der Waals surface area contributed by atoms with E-state index in [0.29, 0.717) is 25.6 Å². The van der Waals surface area contributed by atoms with Crippen LogP contribution in [0.1, 0.15) is 30.9 Å². The van der Waals surface area contributed by atoms with Crippen molar-refractivity contribution in [3.63, 3.8) is 0 Å². The quantitative estimate of drug-likeness (QED) is 0.893. The van der Waals surface area contributed by atoms with Crippen LogP contribution in [0.5, 0.6) is 0 Å². The lowest BCUT2D eigenvalue weighted by Gasteiger charge is -2.36. The number of piperidine rings is 1. The molecule has 6 heteroatoms. The minimum atomic E-state index is -0.749. The van der Waals surface area contributed by atoms with Gasteiger partial charge in [-0.15, -0.1) is 0 Å². The molecular formula is C14H21N3O3. The number of nitrogens with one attached hydrogen (secondary N) is 1. The number of H-pyrrole nitrogens is 1. The number of methoxy groups -OCH3 is 1. The van der Waals surface area contributed by atoms with Crippen molar-refractivity contribution in [2.45, 2.75) is 30.8 Å². The van der Waals surface area contributed by atoms with Crippen LogP contribution < -0.4 is 0 Å². The average Bonchev–Trinajstić information content (AvgIpc) is 3.18. The standard InChI is InChI=1S/C14H21N3O3/c1-19-14(4-7-20-9-14)13(18)17-5-2-11(3-6-17)12-8-15-10-16-12/h8,10-11H,2-7,9H2,1H3,(H,15,16). The molecule has 110 valence electrons. The van der Waals surface area contributed by atoms with Crippen molar-refractivity contribution in [1.82, 2.24) is 14.9 Å². The van der Waals surface area contributed by atoms with Gasteiger partial charge in [-0.1, -0.05) is 0 Å². The monoisotopic (exact) mass is 279 g/mol. The molecule has 2 aliphatic heterocycles. The van der Waals surface area contributed by atoms with Crippen LogP contribution in [-0.2, 0) is 14.3 Å². The summed E-state index contributed by atoms with van der Waals surface area (Å²) in [5.41, 5.74) is 0.420. The Kier molecular flexibility index (Phi) is 3.76. The van der Waals surface area contributed by atoms with Crippen molar-refractivity contribution < 1.29 is 14.3 Å². The van der Waals surface area contributed by atoms with Crippen molar-refractivity contribution in [3.8, 4) is 0 Å². The molecule has 2 saturated heterocycles. The number of likely N-dealkylation sites (tertiary alicyclic amines) is 1. The summed E-state index contributed by atoms with van der Waals surface area (Å²) in [7, 11) is 1.60. The number of carbonyl (C=O) groups excluding carboxylic acids is 1. The number of amides is 1. The molecule has 6 nitrogen and oxygen atoms in total. The Morgan fingerprint density at radius 1 is 1.55 bits per heavy atom. The largest absolute Gasteiger partial charge is 0.378 e. The number of hydrogen-bond acceptors (Lipinski definition) is 4. The first-order valence-corrected chi connectivity index (χ1v) is 7.16. The van der Waals surface area contributed by atoms with Gasteiger partial charge >= 0.3 is 0 Å². The molecule has 1 aromatic heterocycles. The van der Waals surface area contributed by atoms with Crippen LogP contribution in [0.25, 0.3) is 0 Å². The van der Waals surface area contributed by atoms with Crippen molar-refractivity contribution in [2.75, 3.05) is 33.4 Å². The first-order valence-electron chi connectivity index (χ1n) is 7.16. The van der Waals surface area contributed by atoms with Crippen LogP contribution in [-0.4, -0.2) is 59.8 Å². The number of imidazole rings is 1. The summed E-state index contributed by atoms with van der Waals surface area (Å²) in [6, 6.07) is 0. The van der Waals surface area contributed by atoms with E-state index in [1.807, 2.05) is 11.1 Å². The number of ether oxygens (including phenoxy) is 2. The average molecular weight is 279 g/mol. The maximum atomic E-state index is 12.6. The van der Waals surface area contributed by atoms with Gasteiger partial charge in [0.15, 0.2) is 5.60 Å². The van der Waals surface area contributed by atoms with Gasteiger partial charge in [-0.2, -0.15) is 0 Å². The van der Waals surface area contributed by atoms with E-state index >= 15 is 0 Å². The number of nitrogens with zero attached hydrogens (tertiary/aromatic N) is 2. The topological polar surface area (TPSA) is 67.5 Å².